The van der Waals surface area contributed by atoms with Gasteiger partial charge in [-0.15, -0.1) is 10.2 Å². The molecule has 0 saturated heterocycles. The van der Waals surface area contributed by atoms with E-state index in [1.807, 2.05) is 4.40 Å². The smallest absolute Gasteiger partial charge is 0.182 e. The molecule has 0 atom stereocenters. The second-order valence-corrected chi connectivity index (χ2v) is 7.31. The molecule has 8 heteroatoms. The minimum absolute atomic E-state index is 0.0216. The molecule has 0 N–H and O–H groups in total. The van der Waals surface area contributed by atoms with Crippen molar-refractivity contribution in [2.75, 3.05) is 0 Å². The molecule has 0 aliphatic heterocycles. The predicted molar refractivity (Wildman–Crippen MR) is 99.6 cm³/mol. The largest absolute Gasteiger partial charge is 0.443 e. The Morgan fingerprint density at radius 2 is 1.72 bits per heavy atom. The minimum Gasteiger partial charge on any atom is -0.443 e. The van der Waals surface area contributed by atoms with Crippen molar-refractivity contribution < 1.29 is 17.6 Å². The van der Waals surface area contributed by atoms with E-state index in [-0.39, 0.29) is 11.5 Å². The number of nitrogens with zero attached hydrogens (tertiary/aromatic N) is 4. The molecular formula is C21H17F3N4O. The van der Waals surface area contributed by atoms with E-state index >= 15 is 0 Å². The van der Waals surface area contributed by atoms with Gasteiger partial charge in [0, 0.05) is 29.8 Å². The van der Waals surface area contributed by atoms with Gasteiger partial charge in [-0.2, -0.15) is 0 Å². The third-order valence-electron chi connectivity index (χ3n) is 5.47. The quantitative estimate of drug-likeness (QED) is 0.456. The van der Waals surface area contributed by atoms with Gasteiger partial charge in [0.2, 0.25) is 0 Å². The van der Waals surface area contributed by atoms with Crippen LogP contribution in [0, 0.1) is 17.5 Å². The zero-order valence-electron chi connectivity index (χ0n) is 15.4. The van der Waals surface area contributed by atoms with Crippen LogP contribution in [0.2, 0.25) is 0 Å². The van der Waals surface area contributed by atoms with Crippen LogP contribution in [0.3, 0.4) is 0 Å². The van der Waals surface area contributed by atoms with Gasteiger partial charge in [-0.1, -0.05) is 19.3 Å². The average Bonchev–Trinajstić information content (AvgIpc) is 3.34. The normalized spacial score (nSPS) is 15.3. The molecule has 0 spiro atoms. The molecule has 1 aromatic carbocycles. The van der Waals surface area contributed by atoms with Gasteiger partial charge in [0.1, 0.15) is 29.0 Å². The Bertz CT molecular complexity index is 1170. The summed E-state index contributed by atoms with van der Waals surface area (Å²) in [6.45, 7) is 0. The Labute approximate surface area is 164 Å². The second-order valence-electron chi connectivity index (χ2n) is 7.31. The van der Waals surface area contributed by atoms with Gasteiger partial charge >= 0.3 is 0 Å². The third kappa shape index (κ3) is 3.08. The van der Waals surface area contributed by atoms with Crippen LogP contribution in [0.1, 0.15) is 43.8 Å². The van der Waals surface area contributed by atoms with Crippen LogP contribution in [0.15, 0.2) is 41.3 Å². The first-order chi connectivity index (χ1) is 14.1. The maximum absolute atomic E-state index is 14.3. The zero-order valence-corrected chi connectivity index (χ0v) is 15.4. The first kappa shape index (κ1) is 17.9. The summed E-state index contributed by atoms with van der Waals surface area (Å²) in [5.74, 6) is -1.66. The summed E-state index contributed by atoms with van der Waals surface area (Å²) in [4.78, 5) is 3.98. The van der Waals surface area contributed by atoms with Crippen LogP contribution in [0.25, 0.3) is 28.2 Å². The summed E-state index contributed by atoms with van der Waals surface area (Å²) in [5.41, 5.74) is 0.817. The Kier molecular flexibility index (Phi) is 4.34. The fourth-order valence-corrected chi connectivity index (χ4v) is 4.08. The van der Waals surface area contributed by atoms with Gasteiger partial charge in [-0.25, -0.2) is 18.2 Å². The van der Waals surface area contributed by atoms with E-state index in [0.717, 1.165) is 37.9 Å². The molecule has 0 amide bonds. The molecule has 3 aromatic heterocycles. The Hall–Kier alpha value is -3.16. The van der Waals surface area contributed by atoms with Gasteiger partial charge in [0.25, 0.3) is 0 Å². The van der Waals surface area contributed by atoms with E-state index in [0.29, 0.717) is 29.3 Å². The lowest BCUT2D eigenvalue weighted by Gasteiger charge is -2.19. The first-order valence-corrected chi connectivity index (χ1v) is 9.55. The summed E-state index contributed by atoms with van der Waals surface area (Å²) in [6, 6.07) is 4.76. The maximum Gasteiger partial charge on any atom is 0.182 e. The number of pyridine rings is 1. The molecule has 5 nitrogen and oxygen atoms in total. The van der Waals surface area contributed by atoms with Crippen LogP contribution in [0.5, 0.6) is 0 Å². The van der Waals surface area contributed by atoms with Crippen molar-refractivity contribution in [3.63, 3.8) is 0 Å². The molecule has 1 aliphatic carbocycles. The highest BCUT2D eigenvalue weighted by molar-refractivity contribution is 5.77. The molecule has 0 bridgehead atoms. The van der Waals surface area contributed by atoms with Crippen LogP contribution >= 0.6 is 0 Å². The number of hydrogen-bond acceptors (Lipinski definition) is 4. The summed E-state index contributed by atoms with van der Waals surface area (Å²) in [7, 11) is 0. The van der Waals surface area contributed by atoms with Crippen molar-refractivity contribution in [1.82, 2.24) is 19.6 Å². The highest BCUT2D eigenvalue weighted by atomic mass is 19.1. The van der Waals surface area contributed by atoms with Crippen LogP contribution in [-0.4, -0.2) is 19.6 Å². The van der Waals surface area contributed by atoms with Crippen molar-refractivity contribution in [1.29, 1.82) is 0 Å². The van der Waals surface area contributed by atoms with E-state index in [4.69, 9.17) is 4.42 Å². The number of halogens is 3. The van der Waals surface area contributed by atoms with Crippen LogP contribution < -0.4 is 0 Å². The lowest BCUT2D eigenvalue weighted by molar-refractivity contribution is 0.426. The maximum atomic E-state index is 14.3. The average molecular weight is 398 g/mol. The summed E-state index contributed by atoms with van der Waals surface area (Å²) >= 11 is 0. The molecular weight excluding hydrogens is 381 g/mol. The number of aromatic nitrogens is 4. The van der Waals surface area contributed by atoms with Crippen LogP contribution in [-0.2, 0) is 0 Å². The summed E-state index contributed by atoms with van der Waals surface area (Å²) in [6.07, 6.45) is 8.58. The molecule has 4 aromatic rings. The summed E-state index contributed by atoms with van der Waals surface area (Å²) in [5, 5.41) is 8.60. The van der Waals surface area contributed by atoms with Gasteiger partial charge in [0.05, 0.1) is 5.56 Å². The van der Waals surface area contributed by atoms with E-state index in [2.05, 4.69) is 15.2 Å². The fourth-order valence-electron chi connectivity index (χ4n) is 4.08. The van der Waals surface area contributed by atoms with Crippen molar-refractivity contribution in [3.05, 3.63) is 60.1 Å². The lowest BCUT2D eigenvalue weighted by atomic mass is 9.89. The third-order valence-corrected chi connectivity index (χ3v) is 5.47. The summed E-state index contributed by atoms with van der Waals surface area (Å²) < 4.78 is 49.2. The molecule has 1 aliphatic rings. The van der Waals surface area contributed by atoms with E-state index in [1.165, 1.54) is 6.42 Å². The Morgan fingerprint density at radius 3 is 2.48 bits per heavy atom. The predicted octanol–water partition coefficient (Wildman–Crippen LogP) is 5.52. The van der Waals surface area contributed by atoms with Gasteiger partial charge < -0.3 is 4.42 Å². The van der Waals surface area contributed by atoms with Gasteiger partial charge in [0.15, 0.2) is 17.8 Å². The molecule has 0 unspecified atom stereocenters. The standard InChI is InChI=1S/C21H17F3N4O/c22-14-8-15(23)18(16(24)9-14)19-20(29-11-25-19)13-6-7-17-26-27-21(28(17)10-13)12-4-2-1-3-5-12/h6-12H,1-5H2. The zero-order chi connectivity index (χ0) is 20.0. The number of hydrogen-bond donors (Lipinski definition) is 0. The number of fused-ring (bicyclic) bond motifs is 1. The monoisotopic (exact) mass is 398 g/mol. The molecule has 29 heavy (non-hydrogen) atoms. The lowest BCUT2D eigenvalue weighted by Crippen LogP contribution is -2.08. The highest BCUT2D eigenvalue weighted by Gasteiger charge is 2.24. The van der Waals surface area contributed by atoms with E-state index in [9.17, 15) is 13.2 Å². The molecule has 5 rings (SSSR count). The first-order valence-electron chi connectivity index (χ1n) is 9.55. The number of oxazole rings is 1. The van der Waals surface area contributed by atoms with Crippen molar-refractivity contribution in [3.8, 4) is 22.6 Å². The molecule has 1 saturated carbocycles. The molecule has 0 radical (unpaired) electrons. The van der Waals surface area contributed by atoms with Gasteiger partial charge in [-0.05, 0) is 25.0 Å². The van der Waals surface area contributed by atoms with Crippen molar-refractivity contribution >= 4 is 5.65 Å². The minimum atomic E-state index is -1.04. The highest BCUT2D eigenvalue weighted by Crippen LogP contribution is 2.36. The van der Waals surface area contributed by atoms with Crippen LogP contribution in [0.4, 0.5) is 13.2 Å². The van der Waals surface area contributed by atoms with E-state index < -0.39 is 23.0 Å². The number of benzene rings is 1. The molecule has 3 heterocycles. The van der Waals surface area contributed by atoms with Crippen molar-refractivity contribution in [2.24, 2.45) is 0 Å². The molecule has 148 valence electrons. The van der Waals surface area contributed by atoms with Crippen molar-refractivity contribution in [2.45, 2.75) is 38.0 Å². The SMILES string of the molecule is Fc1cc(F)c(-c2ncoc2-c2ccc3nnc(C4CCCCC4)n3c2)c(F)c1. The number of rotatable bonds is 3. The van der Waals surface area contributed by atoms with E-state index in [1.54, 1.807) is 18.3 Å². The Balaban J connectivity index is 1.62. The second kappa shape index (κ2) is 7.02. The topological polar surface area (TPSA) is 56.2 Å². The fraction of sp³-hybridized carbons (Fsp3) is 0.286. The Morgan fingerprint density at radius 1 is 0.966 bits per heavy atom. The van der Waals surface area contributed by atoms with Gasteiger partial charge in [-0.3, -0.25) is 4.40 Å². The molecule has 1 fully saturated rings.